The van der Waals surface area contributed by atoms with Crippen molar-refractivity contribution in [3.8, 4) is 11.5 Å². The molecule has 2 fully saturated rings. The predicted molar refractivity (Wildman–Crippen MR) is 140 cm³/mol. The second kappa shape index (κ2) is 10.4. The summed E-state index contributed by atoms with van der Waals surface area (Å²) in [6, 6.07) is 9.78. The molecule has 0 radical (unpaired) electrons. The number of anilines is 2. The Morgan fingerprint density at radius 1 is 1.06 bits per heavy atom. The fourth-order valence-electron chi connectivity index (χ4n) is 5.37. The van der Waals surface area contributed by atoms with Gasteiger partial charge in [0.05, 0.1) is 25.9 Å². The van der Waals surface area contributed by atoms with E-state index in [9.17, 15) is 9.59 Å². The molecule has 0 aromatic heterocycles. The summed E-state index contributed by atoms with van der Waals surface area (Å²) >= 11 is 0. The molecule has 0 unspecified atom stereocenters. The molecule has 3 amide bonds. The van der Waals surface area contributed by atoms with E-state index in [4.69, 9.17) is 9.47 Å². The van der Waals surface area contributed by atoms with E-state index < -0.39 is 0 Å². The highest BCUT2D eigenvalue weighted by Gasteiger charge is 2.35. The Morgan fingerprint density at radius 2 is 1.81 bits per heavy atom. The summed E-state index contributed by atoms with van der Waals surface area (Å²) in [4.78, 5) is 28.0. The summed E-state index contributed by atoms with van der Waals surface area (Å²) in [6.07, 6.45) is 3.13. The monoisotopic (exact) mass is 492 g/mol. The van der Waals surface area contributed by atoms with Crippen LogP contribution in [0.2, 0.25) is 0 Å². The Bertz CT molecular complexity index is 1140. The summed E-state index contributed by atoms with van der Waals surface area (Å²) in [5, 5.41) is 9.42. The van der Waals surface area contributed by atoms with Crippen LogP contribution in [0.15, 0.2) is 30.3 Å². The molecule has 3 aliphatic rings. The third kappa shape index (κ3) is 5.00. The van der Waals surface area contributed by atoms with Gasteiger partial charge >= 0.3 is 6.03 Å². The first kappa shape index (κ1) is 24.4. The molecule has 0 bridgehead atoms. The lowest BCUT2D eigenvalue weighted by atomic mass is 9.84. The van der Waals surface area contributed by atoms with Crippen LogP contribution in [0.25, 0.3) is 0 Å². The number of hydrogen-bond donors (Lipinski definition) is 3. The fraction of sp³-hybridized carbons (Fsp3) is 0.500. The quantitative estimate of drug-likeness (QED) is 0.531. The Hall–Kier alpha value is -3.26. The normalized spacial score (nSPS) is 21.8. The predicted octanol–water partition coefficient (Wildman–Crippen LogP) is 4.46. The number of carbonyl (C=O) groups excluding carboxylic acids is 2. The van der Waals surface area contributed by atoms with Gasteiger partial charge in [-0.3, -0.25) is 4.79 Å². The summed E-state index contributed by atoms with van der Waals surface area (Å²) < 4.78 is 11.4. The van der Waals surface area contributed by atoms with Crippen LogP contribution in [-0.4, -0.2) is 49.7 Å². The van der Waals surface area contributed by atoms with Crippen molar-refractivity contribution in [2.45, 2.75) is 52.1 Å². The molecule has 2 aromatic carbocycles. The van der Waals surface area contributed by atoms with Crippen LogP contribution in [0.3, 0.4) is 0 Å². The molecule has 5 rings (SSSR count). The topological polar surface area (TPSA) is 91.9 Å². The van der Waals surface area contributed by atoms with E-state index in [1.165, 1.54) is 0 Å². The number of carbonyl (C=O) groups is 2. The van der Waals surface area contributed by atoms with Gasteiger partial charge in [0.15, 0.2) is 0 Å². The lowest BCUT2D eigenvalue weighted by Gasteiger charge is -2.40. The maximum absolute atomic E-state index is 13.1. The van der Waals surface area contributed by atoms with E-state index in [1.54, 1.807) is 7.11 Å². The van der Waals surface area contributed by atoms with Crippen LogP contribution in [-0.2, 0) is 11.3 Å². The Labute approximate surface area is 212 Å². The number of hydrogen-bond acceptors (Lipinski definition) is 5. The van der Waals surface area contributed by atoms with Crippen molar-refractivity contribution in [3.63, 3.8) is 0 Å². The molecule has 36 heavy (non-hydrogen) atoms. The minimum Gasteiger partial charge on any atom is -0.496 e. The third-order valence-electron chi connectivity index (χ3n) is 7.85. The minimum absolute atomic E-state index is 0.0343. The Kier molecular flexibility index (Phi) is 7.05. The first-order valence-corrected chi connectivity index (χ1v) is 12.9. The van der Waals surface area contributed by atoms with Crippen molar-refractivity contribution in [2.75, 3.05) is 37.4 Å². The maximum atomic E-state index is 13.1. The van der Waals surface area contributed by atoms with Crippen LogP contribution in [0.1, 0.15) is 42.4 Å². The zero-order valence-corrected chi connectivity index (χ0v) is 21.4. The number of methoxy groups -OCH3 is 1. The Morgan fingerprint density at radius 3 is 2.50 bits per heavy atom. The molecule has 2 aliphatic heterocycles. The summed E-state index contributed by atoms with van der Waals surface area (Å²) in [7, 11) is 1.63. The second-order valence-electron chi connectivity index (χ2n) is 10.3. The first-order chi connectivity index (χ1) is 17.4. The van der Waals surface area contributed by atoms with Gasteiger partial charge in [0.2, 0.25) is 5.91 Å². The van der Waals surface area contributed by atoms with Crippen molar-refractivity contribution in [1.29, 1.82) is 0 Å². The lowest BCUT2D eigenvalue weighted by Crippen LogP contribution is -2.47. The molecule has 192 valence electrons. The van der Waals surface area contributed by atoms with Crippen LogP contribution in [0.5, 0.6) is 11.5 Å². The summed E-state index contributed by atoms with van der Waals surface area (Å²) in [6.45, 7) is 7.24. The zero-order chi connectivity index (χ0) is 25.2. The number of ether oxygens (including phenoxy) is 2. The number of fused-ring (bicyclic) bond motifs is 1. The van der Waals surface area contributed by atoms with Gasteiger partial charge in [0, 0.05) is 48.3 Å². The van der Waals surface area contributed by atoms with Crippen LogP contribution < -0.4 is 25.4 Å². The number of urea groups is 1. The van der Waals surface area contributed by atoms with Crippen molar-refractivity contribution in [3.05, 3.63) is 47.0 Å². The standard InChI is InChI=1S/C28H36N4O4/c1-17-5-11-24(36-16-19-13-29-14-19)26-23(17)15-32(28(34)31-26)22-9-6-20(7-10-22)27(33)30-21-8-4-18(2)25(12-21)35-3/h4-5,8,11-12,19-20,22,29H,6-7,9-10,13-16H2,1-3H3,(H,30,33)(H,31,34). The molecular weight excluding hydrogens is 456 g/mol. The average Bonchev–Trinajstić information content (AvgIpc) is 2.85. The number of nitrogens with zero attached hydrogens (tertiary/aromatic N) is 1. The van der Waals surface area contributed by atoms with E-state index >= 15 is 0 Å². The van der Waals surface area contributed by atoms with Gasteiger partial charge in [-0.15, -0.1) is 0 Å². The highest BCUT2D eigenvalue weighted by atomic mass is 16.5. The van der Waals surface area contributed by atoms with Crippen LogP contribution in [0.4, 0.5) is 16.2 Å². The fourth-order valence-corrected chi connectivity index (χ4v) is 5.37. The van der Waals surface area contributed by atoms with Gasteiger partial charge in [-0.05, 0) is 62.8 Å². The SMILES string of the molecule is COc1cc(NC(=O)C2CCC(N3Cc4c(C)ccc(OCC5CNC5)c4NC3=O)CC2)ccc1C. The van der Waals surface area contributed by atoms with Gasteiger partial charge in [-0.25, -0.2) is 4.79 Å². The number of amides is 3. The van der Waals surface area contributed by atoms with E-state index in [0.29, 0.717) is 19.1 Å². The van der Waals surface area contributed by atoms with E-state index in [2.05, 4.69) is 28.9 Å². The molecule has 8 heteroatoms. The first-order valence-electron chi connectivity index (χ1n) is 12.9. The molecule has 0 atom stereocenters. The highest BCUT2D eigenvalue weighted by Crippen LogP contribution is 2.38. The highest BCUT2D eigenvalue weighted by molar-refractivity contribution is 5.95. The van der Waals surface area contributed by atoms with Gasteiger partial charge in [-0.1, -0.05) is 12.1 Å². The molecule has 2 heterocycles. The van der Waals surface area contributed by atoms with Crippen molar-refractivity contribution in [1.82, 2.24) is 10.2 Å². The summed E-state index contributed by atoms with van der Waals surface area (Å²) in [5.41, 5.74) is 4.85. The van der Waals surface area contributed by atoms with Crippen LogP contribution >= 0.6 is 0 Å². The van der Waals surface area contributed by atoms with Gasteiger partial charge < -0.3 is 30.3 Å². The molecular formula is C28H36N4O4. The lowest BCUT2D eigenvalue weighted by molar-refractivity contribution is -0.121. The van der Waals surface area contributed by atoms with Gasteiger partial charge in [0.25, 0.3) is 0 Å². The molecule has 1 aliphatic carbocycles. The average molecular weight is 493 g/mol. The molecule has 8 nitrogen and oxygen atoms in total. The second-order valence-corrected chi connectivity index (χ2v) is 10.3. The minimum atomic E-state index is -0.0806. The van der Waals surface area contributed by atoms with Crippen molar-refractivity contribution >= 4 is 23.3 Å². The van der Waals surface area contributed by atoms with Gasteiger partial charge in [0.1, 0.15) is 11.5 Å². The Balaban J connectivity index is 1.20. The number of benzene rings is 2. The maximum Gasteiger partial charge on any atom is 0.322 e. The molecule has 0 spiro atoms. The summed E-state index contributed by atoms with van der Waals surface area (Å²) in [5.74, 6) is 2.02. The largest absolute Gasteiger partial charge is 0.496 e. The van der Waals surface area contributed by atoms with E-state index in [0.717, 1.165) is 78.3 Å². The number of aryl methyl sites for hydroxylation is 2. The zero-order valence-electron chi connectivity index (χ0n) is 21.4. The number of nitrogens with one attached hydrogen (secondary N) is 3. The van der Waals surface area contributed by atoms with Gasteiger partial charge in [-0.2, -0.15) is 0 Å². The molecule has 3 N–H and O–H groups in total. The van der Waals surface area contributed by atoms with Crippen molar-refractivity contribution < 1.29 is 19.1 Å². The van der Waals surface area contributed by atoms with Crippen LogP contribution in [0, 0.1) is 25.7 Å². The smallest absolute Gasteiger partial charge is 0.322 e. The van der Waals surface area contributed by atoms with E-state index in [-0.39, 0.29) is 23.9 Å². The third-order valence-corrected chi connectivity index (χ3v) is 7.85. The number of rotatable bonds is 7. The van der Waals surface area contributed by atoms with E-state index in [1.807, 2.05) is 36.1 Å². The molecule has 1 saturated carbocycles. The molecule has 2 aromatic rings. The van der Waals surface area contributed by atoms with Crippen molar-refractivity contribution in [2.24, 2.45) is 11.8 Å². The molecule has 1 saturated heterocycles.